The summed E-state index contributed by atoms with van der Waals surface area (Å²) >= 11 is 0. The summed E-state index contributed by atoms with van der Waals surface area (Å²) in [6.07, 6.45) is 3.72. The van der Waals surface area contributed by atoms with E-state index in [1.807, 2.05) is 0 Å². The van der Waals surface area contributed by atoms with Crippen molar-refractivity contribution >= 4 is 11.6 Å². The maximum atomic E-state index is 12.4. The van der Waals surface area contributed by atoms with E-state index in [2.05, 4.69) is 54.8 Å². The average molecular weight is 286 g/mol. The fourth-order valence-electron chi connectivity index (χ4n) is 3.65. The Morgan fingerprint density at radius 1 is 1.05 bits per heavy atom. The summed E-state index contributed by atoms with van der Waals surface area (Å²) in [6.45, 7) is 8.98. The monoisotopic (exact) mass is 286 g/mol. The number of hydrogen-bond donors (Lipinski definition) is 0. The lowest BCUT2D eigenvalue weighted by atomic mass is 9.93. The van der Waals surface area contributed by atoms with Crippen molar-refractivity contribution in [1.29, 1.82) is 0 Å². The van der Waals surface area contributed by atoms with Crippen LogP contribution in [0.3, 0.4) is 0 Å². The first kappa shape index (κ1) is 14.6. The predicted octanol–water partition coefficient (Wildman–Crippen LogP) is 3.23. The van der Waals surface area contributed by atoms with Gasteiger partial charge in [0.15, 0.2) is 0 Å². The van der Waals surface area contributed by atoms with Gasteiger partial charge in [0.1, 0.15) is 0 Å². The minimum absolute atomic E-state index is 0.231. The molecule has 1 aromatic rings. The Morgan fingerprint density at radius 3 is 2.38 bits per heavy atom. The molecule has 0 bridgehead atoms. The number of anilines is 1. The molecule has 0 N–H and O–H groups in total. The molecule has 0 aromatic heterocycles. The van der Waals surface area contributed by atoms with E-state index < -0.39 is 0 Å². The third kappa shape index (κ3) is 2.84. The molecule has 0 aliphatic carbocycles. The number of hydrogen-bond acceptors (Lipinski definition) is 2. The highest BCUT2D eigenvalue weighted by Crippen LogP contribution is 2.33. The molecule has 0 radical (unpaired) electrons. The molecule has 1 aromatic carbocycles. The molecule has 1 amide bonds. The van der Waals surface area contributed by atoms with Crippen LogP contribution >= 0.6 is 0 Å². The van der Waals surface area contributed by atoms with Crippen LogP contribution in [0.2, 0.25) is 0 Å². The number of rotatable bonds is 1. The molecule has 114 valence electrons. The molecular formula is C18H26N2O. The van der Waals surface area contributed by atoms with Gasteiger partial charge in [-0.15, -0.1) is 0 Å². The van der Waals surface area contributed by atoms with Crippen LogP contribution in [0.25, 0.3) is 0 Å². The van der Waals surface area contributed by atoms with Gasteiger partial charge in [-0.3, -0.25) is 9.69 Å². The van der Waals surface area contributed by atoms with E-state index in [-0.39, 0.29) is 5.54 Å². The Hall–Kier alpha value is -1.35. The molecule has 0 atom stereocenters. The number of amides is 1. The van der Waals surface area contributed by atoms with Crippen LogP contribution in [0.4, 0.5) is 5.69 Å². The quantitative estimate of drug-likeness (QED) is 0.791. The molecule has 0 saturated carbocycles. The summed E-state index contributed by atoms with van der Waals surface area (Å²) in [5.41, 5.74) is 2.72. The van der Waals surface area contributed by atoms with Gasteiger partial charge in [-0.25, -0.2) is 0 Å². The summed E-state index contributed by atoms with van der Waals surface area (Å²) in [6, 6.07) is 8.78. The van der Waals surface area contributed by atoms with Gasteiger partial charge >= 0.3 is 0 Å². The molecule has 0 spiro atoms. The molecule has 2 heterocycles. The van der Waals surface area contributed by atoms with E-state index in [4.69, 9.17) is 0 Å². The Kier molecular flexibility index (Phi) is 3.78. The number of carbonyl (C=O) groups is 1. The highest BCUT2D eigenvalue weighted by atomic mass is 16.2. The fourth-order valence-corrected chi connectivity index (χ4v) is 3.65. The lowest BCUT2D eigenvalue weighted by molar-refractivity contribution is -0.119. The molecule has 3 rings (SSSR count). The number of piperidine rings is 1. The Bertz CT molecular complexity index is 524. The van der Waals surface area contributed by atoms with Crippen molar-refractivity contribution in [3.05, 3.63) is 29.8 Å². The van der Waals surface area contributed by atoms with E-state index in [1.54, 1.807) is 0 Å². The smallest absolute Gasteiger partial charge is 0.227 e. The number of nitrogens with zero attached hydrogens (tertiary/aromatic N) is 2. The zero-order valence-corrected chi connectivity index (χ0v) is 13.4. The van der Waals surface area contributed by atoms with Crippen molar-refractivity contribution in [3.63, 3.8) is 0 Å². The van der Waals surface area contributed by atoms with Gasteiger partial charge < -0.3 is 4.90 Å². The minimum atomic E-state index is 0.231. The maximum Gasteiger partial charge on any atom is 0.227 e. The van der Waals surface area contributed by atoms with Gasteiger partial charge in [-0.05, 0) is 51.7 Å². The van der Waals surface area contributed by atoms with Gasteiger partial charge in [0.2, 0.25) is 5.91 Å². The van der Waals surface area contributed by atoms with E-state index in [0.717, 1.165) is 38.0 Å². The number of benzene rings is 1. The molecule has 2 aliphatic heterocycles. The van der Waals surface area contributed by atoms with Gasteiger partial charge in [-0.1, -0.05) is 18.2 Å². The van der Waals surface area contributed by atoms with Gasteiger partial charge in [0.25, 0.3) is 0 Å². The van der Waals surface area contributed by atoms with Crippen LogP contribution in [0.1, 0.15) is 45.6 Å². The first-order valence-corrected chi connectivity index (χ1v) is 8.12. The van der Waals surface area contributed by atoms with Gasteiger partial charge in [0, 0.05) is 36.8 Å². The topological polar surface area (TPSA) is 23.6 Å². The van der Waals surface area contributed by atoms with Crippen LogP contribution in [-0.4, -0.2) is 35.5 Å². The Labute approximate surface area is 127 Å². The van der Waals surface area contributed by atoms with Gasteiger partial charge in [0.05, 0.1) is 0 Å². The fraction of sp³-hybridized carbons (Fsp3) is 0.611. The molecule has 1 fully saturated rings. The molecule has 2 aliphatic rings. The standard InChI is InChI=1S/C18H26N2O/c1-18(2,3)19-12-10-15(11-13-19)20-16-7-5-4-6-14(16)8-9-17(20)21/h4-7,15H,8-13H2,1-3H3. The second kappa shape index (κ2) is 5.45. The van der Waals surface area contributed by atoms with Crippen LogP contribution in [0.15, 0.2) is 24.3 Å². The summed E-state index contributed by atoms with van der Waals surface area (Å²) in [5.74, 6) is 0.308. The van der Waals surface area contributed by atoms with Crippen LogP contribution < -0.4 is 4.90 Å². The largest absolute Gasteiger partial charge is 0.309 e. The number of para-hydroxylation sites is 1. The van der Waals surface area contributed by atoms with Crippen molar-refractivity contribution in [1.82, 2.24) is 4.90 Å². The van der Waals surface area contributed by atoms with E-state index in [1.165, 1.54) is 5.56 Å². The van der Waals surface area contributed by atoms with Crippen LogP contribution in [-0.2, 0) is 11.2 Å². The number of aryl methyl sites for hydroxylation is 1. The first-order valence-electron chi connectivity index (χ1n) is 8.12. The second-order valence-electron chi connectivity index (χ2n) is 7.28. The Morgan fingerprint density at radius 2 is 1.71 bits per heavy atom. The summed E-state index contributed by atoms with van der Waals surface area (Å²) in [5, 5.41) is 0. The zero-order valence-electron chi connectivity index (χ0n) is 13.4. The third-order valence-electron chi connectivity index (χ3n) is 4.91. The molecule has 1 saturated heterocycles. The minimum Gasteiger partial charge on any atom is -0.309 e. The summed E-state index contributed by atoms with van der Waals surface area (Å²) in [7, 11) is 0. The van der Waals surface area contributed by atoms with E-state index in [9.17, 15) is 4.79 Å². The predicted molar refractivity (Wildman–Crippen MR) is 86.6 cm³/mol. The van der Waals surface area contributed by atoms with Crippen LogP contribution in [0, 0.1) is 0 Å². The highest BCUT2D eigenvalue weighted by Gasteiger charge is 2.34. The summed E-state index contributed by atoms with van der Waals surface area (Å²) in [4.78, 5) is 17.1. The molecule has 3 nitrogen and oxygen atoms in total. The van der Waals surface area contributed by atoms with E-state index >= 15 is 0 Å². The van der Waals surface area contributed by atoms with E-state index in [0.29, 0.717) is 18.4 Å². The SMILES string of the molecule is CC(C)(C)N1CCC(N2C(=O)CCc3ccccc32)CC1. The highest BCUT2D eigenvalue weighted by molar-refractivity contribution is 5.97. The maximum absolute atomic E-state index is 12.4. The number of likely N-dealkylation sites (tertiary alicyclic amines) is 1. The van der Waals surface area contributed by atoms with Crippen molar-refractivity contribution in [3.8, 4) is 0 Å². The second-order valence-corrected chi connectivity index (χ2v) is 7.28. The van der Waals surface area contributed by atoms with Crippen LogP contribution in [0.5, 0.6) is 0 Å². The average Bonchev–Trinajstić information content (AvgIpc) is 2.46. The third-order valence-corrected chi connectivity index (χ3v) is 4.91. The molecule has 0 unspecified atom stereocenters. The lowest BCUT2D eigenvalue weighted by Gasteiger charge is -2.45. The molecule has 21 heavy (non-hydrogen) atoms. The molecule has 3 heteroatoms. The zero-order chi connectivity index (χ0) is 15.0. The van der Waals surface area contributed by atoms with Crippen molar-refractivity contribution in [2.75, 3.05) is 18.0 Å². The summed E-state index contributed by atoms with van der Waals surface area (Å²) < 4.78 is 0. The normalized spacial score (nSPS) is 21.5. The number of carbonyl (C=O) groups excluding carboxylic acids is 1. The first-order chi connectivity index (χ1) is 9.97. The van der Waals surface area contributed by atoms with Crippen molar-refractivity contribution < 1.29 is 4.79 Å². The Balaban J connectivity index is 1.78. The van der Waals surface area contributed by atoms with Gasteiger partial charge in [-0.2, -0.15) is 0 Å². The number of fused-ring (bicyclic) bond motifs is 1. The van der Waals surface area contributed by atoms with Crippen molar-refractivity contribution in [2.24, 2.45) is 0 Å². The lowest BCUT2D eigenvalue weighted by Crippen LogP contribution is -2.53. The molecular weight excluding hydrogens is 260 g/mol. The van der Waals surface area contributed by atoms with Crippen molar-refractivity contribution in [2.45, 2.75) is 58.0 Å².